The van der Waals surface area contributed by atoms with E-state index >= 15 is 0 Å². The van der Waals surface area contributed by atoms with Crippen LogP contribution in [0.4, 0.5) is 19.1 Å². The Kier molecular flexibility index (Phi) is 9.97. The smallest absolute Gasteiger partial charge is 0.459 e. The number of esters is 1. The summed E-state index contributed by atoms with van der Waals surface area (Å²) in [6.45, 7) is 1.94. The van der Waals surface area contributed by atoms with E-state index in [2.05, 4.69) is 20.0 Å². The molecule has 4 aromatic rings. The molecule has 1 saturated heterocycles. The molecule has 15 nitrogen and oxygen atoms in total. The van der Waals surface area contributed by atoms with Gasteiger partial charge in [0.1, 0.15) is 35.7 Å². The molecule has 2 fully saturated rings. The fourth-order valence-electron chi connectivity index (χ4n) is 5.53. The van der Waals surface area contributed by atoms with Crippen LogP contribution in [0.3, 0.4) is 0 Å². The predicted octanol–water partition coefficient (Wildman–Crippen LogP) is 4.56. The van der Waals surface area contributed by atoms with Crippen molar-refractivity contribution in [3.8, 4) is 11.6 Å². The number of ether oxygens (including phenoxy) is 3. The van der Waals surface area contributed by atoms with Crippen LogP contribution < -0.4 is 20.1 Å². The van der Waals surface area contributed by atoms with E-state index in [1.54, 1.807) is 6.92 Å². The van der Waals surface area contributed by atoms with Crippen LogP contribution in [-0.2, 0) is 36.1 Å². The second-order valence-electron chi connectivity index (χ2n) is 12.1. The van der Waals surface area contributed by atoms with E-state index < -0.39 is 68.2 Å². The number of carbonyl (C=O) groups excluding carboxylic acids is 1. The van der Waals surface area contributed by atoms with Gasteiger partial charge in [-0.3, -0.25) is 13.9 Å². The molecule has 274 valence electrons. The zero-order valence-electron chi connectivity index (χ0n) is 27.0. The van der Waals surface area contributed by atoms with Crippen molar-refractivity contribution < 1.29 is 56.0 Å². The lowest BCUT2D eigenvalue weighted by Crippen LogP contribution is -2.45. The molecule has 0 radical (unpaired) electrons. The number of nitrogens with zero attached hydrogens (tertiary/aromatic N) is 4. The zero-order valence-corrected chi connectivity index (χ0v) is 28.7. The maximum atomic E-state index is 14.3. The number of nitrogens with one attached hydrogen (secondary N) is 1. The molecule has 1 aliphatic heterocycles. The van der Waals surface area contributed by atoms with Crippen molar-refractivity contribution in [1.29, 1.82) is 0 Å². The highest BCUT2D eigenvalue weighted by atomic mass is 35.5. The third-order valence-corrected chi connectivity index (χ3v) is 10.2. The van der Waals surface area contributed by atoms with Gasteiger partial charge in [0.2, 0.25) is 11.8 Å². The Morgan fingerprint density at radius 3 is 2.57 bits per heavy atom. The number of imidazole rings is 1. The number of nitrogen functional groups attached to an aromatic ring is 1. The van der Waals surface area contributed by atoms with E-state index in [1.165, 1.54) is 60.3 Å². The Morgan fingerprint density at radius 2 is 1.90 bits per heavy atom. The predicted molar refractivity (Wildman–Crippen MR) is 173 cm³/mol. The highest BCUT2D eigenvalue weighted by molar-refractivity contribution is 7.52. The van der Waals surface area contributed by atoms with Crippen LogP contribution in [0.5, 0.6) is 11.6 Å². The second-order valence-corrected chi connectivity index (χ2v) is 14.2. The number of carbonyl (C=O) groups is 1. The number of rotatable bonds is 13. The Morgan fingerprint density at radius 1 is 1.20 bits per heavy atom. The lowest BCUT2D eigenvalue weighted by atomic mass is 9.96. The normalized spacial score (nSPS) is 23.9. The lowest BCUT2D eigenvalue weighted by Gasteiger charge is -2.27. The number of fused-ring (bicyclic) bond motifs is 1. The minimum absolute atomic E-state index is 0.0172. The third kappa shape index (κ3) is 7.62. The van der Waals surface area contributed by atoms with E-state index in [0.717, 1.165) is 6.07 Å². The average Bonchev–Trinajstić information content (AvgIpc) is 3.67. The Bertz CT molecular complexity index is 1960. The fraction of sp³-hybridized carbons (Fsp3) is 0.419. The van der Waals surface area contributed by atoms with Gasteiger partial charge in [-0.15, -0.1) is 0 Å². The highest BCUT2D eigenvalue weighted by Gasteiger charge is 2.58. The van der Waals surface area contributed by atoms with Crippen LogP contribution >= 0.6 is 19.3 Å². The molecular weight excluding hydrogens is 724 g/mol. The number of aromatic nitrogens is 4. The first-order valence-electron chi connectivity index (χ1n) is 15.6. The summed E-state index contributed by atoms with van der Waals surface area (Å²) >= 11 is 5.98. The van der Waals surface area contributed by atoms with E-state index in [4.69, 9.17) is 40.6 Å². The van der Waals surface area contributed by atoms with Crippen LogP contribution in [0, 0.1) is 0 Å². The zero-order chi connectivity index (χ0) is 36.8. The van der Waals surface area contributed by atoms with Gasteiger partial charge >= 0.3 is 19.9 Å². The highest BCUT2D eigenvalue weighted by Crippen LogP contribution is 2.53. The molecule has 0 spiro atoms. The second kappa shape index (κ2) is 13.8. The van der Waals surface area contributed by atoms with Crippen molar-refractivity contribution in [2.45, 2.75) is 69.0 Å². The van der Waals surface area contributed by atoms with Crippen LogP contribution in [-0.4, -0.2) is 72.3 Å². The number of hydrogen-bond acceptors (Lipinski definition) is 13. The molecule has 1 saturated carbocycles. The van der Waals surface area contributed by atoms with Gasteiger partial charge in [0.25, 0.3) is 0 Å². The fourth-order valence-corrected chi connectivity index (χ4v) is 7.40. The van der Waals surface area contributed by atoms with Gasteiger partial charge in [-0.25, -0.2) is 9.55 Å². The molecular formula is C31H33ClF3N6O9P. The van der Waals surface area contributed by atoms with Crippen molar-refractivity contribution in [2.75, 3.05) is 18.9 Å². The lowest BCUT2D eigenvalue weighted by molar-refractivity contribution is -0.150. The number of nitrogens with two attached hydrogens (primary N) is 1. The van der Waals surface area contributed by atoms with Gasteiger partial charge in [0.15, 0.2) is 17.4 Å². The first-order valence-corrected chi connectivity index (χ1v) is 17.5. The number of benzene rings is 2. The summed E-state index contributed by atoms with van der Waals surface area (Å²) in [4.78, 5) is 25.7. The number of halogens is 4. The Labute approximate surface area is 293 Å². The van der Waals surface area contributed by atoms with Gasteiger partial charge < -0.3 is 34.7 Å². The van der Waals surface area contributed by atoms with Gasteiger partial charge in [-0.05, 0) is 57.0 Å². The SMILES string of the molecule is CCOc1nc(N)nc2c1ncn2C1OC(COP(=O)(NC2(C(=O)OCc3ccccc3C(F)(F)F)CC2)Oc2ccc(Cl)cc2)[C@@H](O)[C@@]1(C)O. The summed E-state index contributed by atoms with van der Waals surface area (Å²) in [7, 11) is -4.58. The molecule has 0 bridgehead atoms. The Balaban J connectivity index is 1.21. The molecule has 2 aromatic carbocycles. The van der Waals surface area contributed by atoms with Crippen molar-refractivity contribution >= 4 is 42.4 Å². The van der Waals surface area contributed by atoms with Gasteiger partial charge in [0, 0.05) is 10.6 Å². The molecule has 1 aliphatic carbocycles. The third-order valence-electron chi connectivity index (χ3n) is 8.32. The van der Waals surface area contributed by atoms with Gasteiger partial charge in [-0.2, -0.15) is 28.2 Å². The van der Waals surface area contributed by atoms with Crippen LogP contribution in [0.2, 0.25) is 5.02 Å². The van der Waals surface area contributed by atoms with Gasteiger partial charge in [0.05, 0.1) is 25.1 Å². The standard InChI is InChI=1S/C31H33ClF3N6O9P/c1-3-46-25-22-24(38-28(36)39-25)41(16-37-22)26-29(2,44)23(42)21(49-26)15-48-51(45,50-19-10-8-18(32)9-11-19)40-30(12-13-30)27(43)47-14-17-6-4-5-7-20(17)31(33,34)35/h4-11,16,21,23,26,42,44H,3,12-15H2,1-2H3,(H,40,45)(H2,36,38,39)/t21?,23-,26?,29-,51?/m1/s1. The first kappa shape index (κ1) is 36.8. The summed E-state index contributed by atoms with van der Waals surface area (Å²) < 4.78 is 84.4. The Hall–Kier alpha value is -4.03. The first-order chi connectivity index (χ1) is 24.0. The van der Waals surface area contributed by atoms with Crippen LogP contribution in [0.25, 0.3) is 11.2 Å². The van der Waals surface area contributed by atoms with Crippen molar-refractivity contribution in [2.24, 2.45) is 0 Å². The molecule has 0 amide bonds. The van der Waals surface area contributed by atoms with E-state index in [9.17, 15) is 32.7 Å². The summed E-state index contributed by atoms with van der Waals surface area (Å²) in [5.41, 5.74) is 1.36. The molecule has 2 aliphatic rings. The minimum atomic E-state index is -4.68. The molecule has 3 unspecified atom stereocenters. The maximum absolute atomic E-state index is 14.3. The maximum Gasteiger partial charge on any atom is 0.459 e. The van der Waals surface area contributed by atoms with Crippen LogP contribution in [0.15, 0.2) is 54.9 Å². The van der Waals surface area contributed by atoms with Crippen molar-refractivity contribution in [1.82, 2.24) is 24.6 Å². The summed E-state index contributed by atoms with van der Waals surface area (Å²) in [6.07, 6.45) is -7.49. The monoisotopic (exact) mass is 756 g/mol. The summed E-state index contributed by atoms with van der Waals surface area (Å²) in [5.74, 6) is -1.01. The molecule has 5 atom stereocenters. The van der Waals surface area contributed by atoms with E-state index in [1.807, 2.05) is 0 Å². The minimum Gasteiger partial charge on any atom is -0.476 e. The molecule has 3 heterocycles. The molecule has 6 rings (SSSR count). The van der Waals surface area contributed by atoms with Crippen molar-refractivity contribution in [3.63, 3.8) is 0 Å². The number of alkyl halides is 3. The summed E-state index contributed by atoms with van der Waals surface area (Å²) in [6, 6.07) is 10.3. The van der Waals surface area contributed by atoms with Crippen molar-refractivity contribution in [3.05, 3.63) is 71.0 Å². The van der Waals surface area contributed by atoms with Gasteiger partial charge in [-0.1, -0.05) is 29.8 Å². The molecule has 5 N–H and O–H groups in total. The molecule has 51 heavy (non-hydrogen) atoms. The van der Waals surface area contributed by atoms with E-state index in [0.29, 0.717) is 5.02 Å². The average molecular weight is 757 g/mol. The largest absolute Gasteiger partial charge is 0.476 e. The summed E-state index contributed by atoms with van der Waals surface area (Å²) in [5, 5.41) is 25.5. The topological polar surface area (TPSA) is 202 Å². The number of hydrogen-bond donors (Lipinski definition) is 4. The molecule has 2 aromatic heterocycles. The quantitative estimate of drug-likeness (QED) is 0.109. The number of aliphatic hydroxyl groups is 2. The number of anilines is 1. The van der Waals surface area contributed by atoms with E-state index in [-0.39, 0.29) is 53.8 Å². The number of aliphatic hydroxyl groups excluding tert-OH is 1. The van der Waals surface area contributed by atoms with Crippen LogP contribution in [0.1, 0.15) is 44.0 Å². The molecule has 20 heteroatoms.